The van der Waals surface area contributed by atoms with Crippen LogP contribution >= 0.6 is 0 Å². The number of anilines is 1. The predicted molar refractivity (Wildman–Crippen MR) is 60.2 cm³/mol. The quantitative estimate of drug-likeness (QED) is 0.822. The largest absolute Gasteiger partial charge is 0.448 e. The summed E-state index contributed by atoms with van der Waals surface area (Å²) in [5.41, 5.74) is 3.41. The van der Waals surface area contributed by atoms with Crippen LogP contribution in [0.2, 0.25) is 0 Å². The van der Waals surface area contributed by atoms with E-state index in [4.69, 9.17) is 11.0 Å². The third-order valence-electron chi connectivity index (χ3n) is 2.12. The van der Waals surface area contributed by atoms with Crippen LogP contribution in [0.3, 0.4) is 0 Å². The van der Waals surface area contributed by atoms with Gasteiger partial charge < -0.3 is 15.8 Å². The van der Waals surface area contributed by atoms with E-state index in [0.29, 0.717) is 0 Å². The van der Waals surface area contributed by atoms with E-state index in [-0.39, 0.29) is 18.8 Å². The molecule has 0 bridgehead atoms. The molecule has 0 saturated heterocycles. The fourth-order valence-corrected chi connectivity index (χ4v) is 1.33. The Morgan fingerprint density at radius 2 is 2.16 bits per heavy atom. The summed E-state index contributed by atoms with van der Waals surface area (Å²) in [7, 11) is 0. The van der Waals surface area contributed by atoms with Crippen molar-refractivity contribution >= 4 is 11.8 Å². The highest BCUT2D eigenvalue weighted by Crippen LogP contribution is 2.33. The van der Waals surface area contributed by atoms with E-state index < -0.39 is 23.4 Å². The molecule has 1 aromatic carbocycles. The zero-order valence-corrected chi connectivity index (χ0v) is 9.62. The number of ether oxygens (including phenoxy) is 1. The number of rotatable bonds is 4. The van der Waals surface area contributed by atoms with Crippen LogP contribution in [0.1, 0.15) is 11.1 Å². The van der Waals surface area contributed by atoms with Crippen molar-refractivity contribution in [1.82, 2.24) is 0 Å². The minimum Gasteiger partial charge on any atom is -0.448 e. The number of hydrogen-bond donors (Lipinski definition) is 2. The lowest BCUT2D eigenvalue weighted by molar-refractivity contribution is -0.137. The summed E-state index contributed by atoms with van der Waals surface area (Å²) in [6.07, 6.45) is -5.57. The van der Waals surface area contributed by atoms with E-state index in [9.17, 15) is 18.0 Å². The normalized spacial score (nSPS) is 10.6. The van der Waals surface area contributed by atoms with Crippen molar-refractivity contribution < 1.29 is 22.7 Å². The maximum Gasteiger partial charge on any atom is 0.417 e. The second kappa shape index (κ2) is 5.95. The van der Waals surface area contributed by atoms with E-state index >= 15 is 0 Å². The number of carbonyl (C=O) groups excluding carboxylic acids is 1. The van der Waals surface area contributed by atoms with Gasteiger partial charge in [0.25, 0.3) is 0 Å². The Morgan fingerprint density at radius 1 is 1.47 bits per heavy atom. The molecule has 3 N–H and O–H groups in total. The Labute approximate surface area is 106 Å². The number of nitrogens with zero attached hydrogens (tertiary/aromatic N) is 1. The Kier molecular flexibility index (Phi) is 4.58. The Balaban J connectivity index is 2.77. The molecule has 1 rings (SSSR count). The molecule has 0 aliphatic carbocycles. The highest BCUT2D eigenvalue weighted by atomic mass is 19.4. The first kappa shape index (κ1) is 14.6. The van der Waals surface area contributed by atoms with Gasteiger partial charge in [0.05, 0.1) is 17.2 Å². The second-order valence-corrected chi connectivity index (χ2v) is 3.46. The average molecular weight is 273 g/mol. The topological polar surface area (TPSA) is 88.1 Å². The number of alkyl halides is 3. The molecule has 0 heterocycles. The highest BCUT2D eigenvalue weighted by Gasteiger charge is 2.33. The fourth-order valence-electron chi connectivity index (χ4n) is 1.33. The van der Waals surface area contributed by atoms with Gasteiger partial charge in [0.2, 0.25) is 0 Å². The molecule has 0 spiro atoms. The van der Waals surface area contributed by atoms with Gasteiger partial charge in [-0.1, -0.05) is 0 Å². The number of nitriles is 1. The van der Waals surface area contributed by atoms with Crippen LogP contribution in [0.5, 0.6) is 0 Å². The molecule has 0 saturated carbocycles. The molecule has 0 atom stereocenters. The van der Waals surface area contributed by atoms with Crippen molar-refractivity contribution in [3.63, 3.8) is 0 Å². The van der Waals surface area contributed by atoms with Crippen molar-refractivity contribution in [1.29, 1.82) is 5.26 Å². The van der Waals surface area contributed by atoms with Crippen LogP contribution in [0.15, 0.2) is 18.2 Å². The van der Waals surface area contributed by atoms with Gasteiger partial charge in [-0.25, -0.2) is 4.79 Å². The molecule has 8 heteroatoms. The van der Waals surface area contributed by atoms with Gasteiger partial charge in [-0.3, -0.25) is 0 Å². The van der Waals surface area contributed by atoms with Crippen molar-refractivity contribution in [2.45, 2.75) is 6.18 Å². The smallest absolute Gasteiger partial charge is 0.417 e. The molecule has 0 fully saturated rings. The average Bonchev–Trinajstić information content (AvgIpc) is 2.33. The molecular weight excluding hydrogens is 263 g/mol. The van der Waals surface area contributed by atoms with Crippen LogP contribution in [-0.2, 0) is 10.9 Å². The minimum atomic E-state index is -4.60. The van der Waals surface area contributed by atoms with E-state index in [1.165, 1.54) is 12.1 Å². The summed E-state index contributed by atoms with van der Waals surface area (Å²) in [6.45, 7) is 0.0306. The number of carbonyl (C=O) groups is 1. The van der Waals surface area contributed by atoms with Crippen LogP contribution in [0, 0.1) is 11.3 Å². The van der Waals surface area contributed by atoms with Crippen molar-refractivity contribution in [2.75, 3.05) is 18.5 Å². The number of amides is 1. The van der Waals surface area contributed by atoms with Crippen molar-refractivity contribution in [3.8, 4) is 6.07 Å². The summed E-state index contributed by atoms with van der Waals surface area (Å²) >= 11 is 0. The van der Waals surface area contributed by atoms with Crippen molar-refractivity contribution in [3.05, 3.63) is 29.3 Å². The highest BCUT2D eigenvalue weighted by molar-refractivity contribution is 5.64. The lowest BCUT2D eigenvalue weighted by atomic mass is 10.1. The Hall–Kier alpha value is -2.43. The summed E-state index contributed by atoms with van der Waals surface area (Å²) < 4.78 is 42.3. The van der Waals surface area contributed by atoms with E-state index in [2.05, 4.69) is 10.1 Å². The molecule has 102 valence electrons. The summed E-state index contributed by atoms with van der Waals surface area (Å²) in [5.74, 6) is 0. The molecule has 0 aromatic heterocycles. The van der Waals surface area contributed by atoms with E-state index in [1.807, 2.05) is 0 Å². The molecule has 1 aromatic rings. The first-order chi connectivity index (χ1) is 8.84. The summed E-state index contributed by atoms with van der Waals surface area (Å²) in [4.78, 5) is 10.3. The number of halogens is 3. The molecule has 0 radical (unpaired) electrons. The van der Waals surface area contributed by atoms with Crippen LogP contribution < -0.4 is 11.1 Å². The number of benzene rings is 1. The van der Waals surface area contributed by atoms with Crippen LogP contribution in [-0.4, -0.2) is 19.2 Å². The molecular formula is C11H10F3N3O2. The maximum atomic E-state index is 12.6. The standard InChI is InChI=1S/C11H10F3N3O2/c12-11(13,14)9-5-8(2-1-7(9)6-15)17-3-4-19-10(16)18/h1-2,5,17H,3-4H2,(H2,16,18). The molecule has 5 nitrogen and oxygen atoms in total. The van der Waals surface area contributed by atoms with Gasteiger partial charge in [-0.05, 0) is 18.2 Å². The zero-order chi connectivity index (χ0) is 14.5. The van der Waals surface area contributed by atoms with E-state index in [1.54, 1.807) is 0 Å². The first-order valence-electron chi connectivity index (χ1n) is 5.12. The van der Waals surface area contributed by atoms with Crippen molar-refractivity contribution in [2.24, 2.45) is 5.73 Å². The van der Waals surface area contributed by atoms with Gasteiger partial charge in [-0.15, -0.1) is 0 Å². The van der Waals surface area contributed by atoms with Gasteiger partial charge in [0, 0.05) is 12.2 Å². The summed E-state index contributed by atoms with van der Waals surface area (Å²) in [5, 5.41) is 11.2. The monoisotopic (exact) mass is 273 g/mol. The fraction of sp³-hybridized carbons (Fsp3) is 0.273. The van der Waals surface area contributed by atoms with Gasteiger partial charge in [0.15, 0.2) is 0 Å². The minimum absolute atomic E-state index is 0.0727. The SMILES string of the molecule is N#Cc1ccc(NCCOC(N)=O)cc1C(F)(F)F. The maximum absolute atomic E-state index is 12.6. The zero-order valence-electron chi connectivity index (χ0n) is 9.62. The number of nitrogens with one attached hydrogen (secondary N) is 1. The number of primary amides is 1. The number of nitrogens with two attached hydrogens (primary N) is 1. The molecule has 1 amide bonds. The molecule has 0 aliphatic heterocycles. The van der Waals surface area contributed by atoms with Crippen LogP contribution in [0.4, 0.5) is 23.7 Å². The Morgan fingerprint density at radius 3 is 2.68 bits per heavy atom. The lowest BCUT2D eigenvalue weighted by Gasteiger charge is -2.12. The molecule has 0 unspecified atom stereocenters. The third-order valence-corrected chi connectivity index (χ3v) is 2.12. The number of hydrogen-bond acceptors (Lipinski definition) is 4. The van der Waals surface area contributed by atoms with Gasteiger partial charge >= 0.3 is 12.3 Å². The molecule has 19 heavy (non-hydrogen) atoms. The van der Waals surface area contributed by atoms with E-state index in [0.717, 1.165) is 12.1 Å². The van der Waals surface area contributed by atoms with Crippen LogP contribution in [0.25, 0.3) is 0 Å². The summed E-state index contributed by atoms with van der Waals surface area (Å²) in [6, 6.07) is 4.70. The third kappa shape index (κ3) is 4.39. The predicted octanol–water partition coefficient (Wildman–Crippen LogP) is 2.08. The van der Waals surface area contributed by atoms with Gasteiger partial charge in [0.1, 0.15) is 6.61 Å². The Bertz CT molecular complexity index is 509. The lowest BCUT2D eigenvalue weighted by Crippen LogP contribution is -2.18. The molecule has 0 aliphatic rings. The second-order valence-electron chi connectivity index (χ2n) is 3.46. The first-order valence-corrected chi connectivity index (χ1v) is 5.12. The van der Waals surface area contributed by atoms with Gasteiger partial charge in [-0.2, -0.15) is 18.4 Å².